The fourth-order valence-corrected chi connectivity index (χ4v) is 7.89. The van der Waals surface area contributed by atoms with Crippen LogP contribution in [0, 0.1) is 0 Å². The van der Waals surface area contributed by atoms with Crippen LogP contribution in [-0.4, -0.2) is 8.07 Å². The summed E-state index contributed by atoms with van der Waals surface area (Å²) in [5.41, 5.74) is 8.02. The highest BCUT2D eigenvalue weighted by Gasteiger charge is 2.42. The van der Waals surface area contributed by atoms with Crippen molar-refractivity contribution in [2.75, 3.05) is 0 Å². The SMILES string of the molecule is CC1=CCC([Si](C)(C)C2c3ccccc3-c3ccccc32)=C1. The topological polar surface area (TPSA) is 0 Å². The summed E-state index contributed by atoms with van der Waals surface area (Å²) in [6.45, 7) is 7.33. The van der Waals surface area contributed by atoms with Crippen molar-refractivity contribution in [3.8, 4) is 11.1 Å². The van der Waals surface area contributed by atoms with Gasteiger partial charge >= 0.3 is 0 Å². The van der Waals surface area contributed by atoms with Crippen LogP contribution in [0.1, 0.15) is 30.0 Å². The average molecular weight is 302 g/mol. The van der Waals surface area contributed by atoms with Crippen LogP contribution in [0.5, 0.6) is 0 Å². The molecule has 1 heteroatoms. The smallest absolute Gasteiger partial charge is 0.0779 e. The quantitative estimate of drug-likeness (QED) is 0.609. The summed E-state index contributed by atoms with van der Waals surface area (Å²) < 4.78 is 0. The van der Waals surface area contributed by atoms with E-state index in [9.17, 15) is 0 Å². The second-order valence-corrected chi connectivity index (χ2v) is 11.8. The van der Waals surface area contributed by atoms with Gasteiger partial charge in [0.25, 0.3) is 0 Å². The highest BCUT2D eigenvalue weighted by atomic mass is 28.3. The second-order valence-electron chi connectivity index (χ2n) is 7.15. The van der Waals surface area contributed by atoms with Crippen molar-refractivity contribution in [3.05, 3.63) is 82.6 Å². The highest BCUT2D eigenvalue weighted by Crippen LogP contribution is 2.51. The Hall–Kier alpha value is -1.86. The standard InChI is InChI=1S/C21H22Si/c1-15-12-13-16(14-15)22(2,3)21-19-10-6-4-8-17(19)18-9-5-7-11-20(18)21/h4-12,14,21H,13H2,1-3H3. The van der Waals surface area contributed by atoms with Gasteiger partial charge in [-0.15, -0.1) is 0 Å². The molecule has 2 aromatic carbocycles. The molecule has 110 valence electrons. The first-order chi connectivity index (χ1) is 10.6. The maximum Gasteiger partial charge on any atom is 0.0881 e. The zero-order valence-electron chi connectivity index (χ0n) is 13.6. The lowest BCUT2D eigenvalue weighted by atomic mass is 10.1. The molecule has 2 aromatic rings. The fourth-order valence-electron chi connectivity index (χ4n) is 4.23. The molecule has 0 unspecified atom stereocenters. The van der Waals surface area contributed by atoms with Crippen LogP contribution in [0.4, 0.5) is 0 Å². The van der Waals surface area contributed by atoms with Gasteiger partial charge in [0.2, 0.25) is 0 Å². The van der Waals surface area contributed by atoms with Crippen molar-refractivity contribution >= 4 is 8.07 Å². The van der Waals surface area contributed by atoms with Crippen molar-refractivity contribution in [3.63, 3.8) is 0 Å². The zero-order valence-corrected chi connectivity index (χ0v) is 14.6. The Labute approximate surface area is 134 Å². The molecule has 0 saturated carbocycles. The summed E-state index contributed by atoms with van der Waals surface area (Å²) >= 11 is 0. The van der Waals surface area contributed by atoms with Crippen molar-refractivity contribution < 1.29 is 0 Å². The Balaban J connectivity index is 1.90. The van der Waals surface area contributed by atoms with Crippen molar-refractivity contribution in [2.24, 2.45) is 0 Å². The molecule has 2 aliphatic carbocycles. The minimum atomic E-state index is -1.57. The van der Waals surface area contributed by atoms with E-state index in [0.29, 0.717) is 5.54 Å². The molecule has 0 spiro atoms. The Bertz CT molecular complexity index is 763. The minimum absolute atomic E-state index is 0.588. The lowest BCUT2D eigenvalue weighted by Gasteiger charge is -2.33. The molecule has 0 radical (unpaired) electrons. The molecular formula is C21H22Si. The monoisotopic (exact) mass is 302 g/mol. The van der Waals surface area contributed by atoms with E-state index >= 15 is 0 Å². The molecule has 0 saturated heterocycles. The van der Waals surface area contributed by atoms with E-state index in [-0.39, 0.29) is 0 Å². The molecule has 0 N–H and O–H groups in total. The van der Waals surface area contributed by atoms with Crippen LogP contribution in [0.2, 0.25) is 13.1 Å². The van der Waals surface area contributed by atoms with Gasteiger partial charge in [-0.25, -0.2) is 0 Å². The van der Waals surface area contributed by atoms with Crippen LogP contribution in [0.3, 0.4) is 0 Å². The van der Waals surface area contributed by atoms with Gasteiger partial charge in [-0.1, -0.05) is 84.5 Å². The van der Waals surface area contributed by atoms with Gasteiger partial charge in [0.05, 0.1) is 8.07 Å². The van der Waals surface area contributed by atoms with Crippen LogP contribution in [0.15, 0.2) is 71.5 Å². The Kier molecular flexibility index (Phi) is 3.02. The van der Waals surface area contributed by atoms with E-state index < -0.39 is 8.07 Å². The molecular weight excluding hydrogens is 280 g/mol. The zero-order chi connectivity index (χ0) is 15.3. The predicted octanol–water partition coefficient (Wildman–Crippen LogP) is 5.86. The number of hydrogen-bond acceptors (Lipinski definition) is 0. The molecule has 0 fully saturated rings. The minimum Gasteiger partial charge on any atom is -0.0779 e. The molecule has 22 heavy (non-hydrogen) atoms. The third-order valence-corrected chi connectivity index (χ3v) is 9.50. The van der Waals surface area contributed by atoms with Crippen LogP contribution >= 0.6 is 0 Å². The van der Waals surface area contributed by atoms with E-state index in [1.54, 1.807) is 16.3 Å². The lowest BCUT2D eigenvalue weighted by molar-refractivity contribution is 1.11. The van der Waals surface area contributed by atoms with Crippen molar-refractivity contribution in [1.82, 2.24) is 0 Å². The predicted molar refractivity (Wildman–Crippen MR) is 97.7 cm³/mol. The van der Waals surface area contributed by atoms with Crippen molar-refractivity contribution in [1.29, 1.82) is 0 Å². The number of allylic oxidation sites excluding steroid dienone is 4. The number of benzene rings is 2. The third kappa shape index (κ3) is 1.89. The van der Waals surface area contributed by atoms with E-state index in [1.165, 1.54) is 16.7 Å². The van der Waals surface area contributed by atoms with Crippen molar-refractivity contribution in [2.45, 2.75) is 32.0 Å². The van der Waals surface area contributed by atoms with Gasteiger partial charge in [-0.3, -0.25) is 0 Å². The third-order valence-electron chi connectivity index (χ3n) is 5.43. The summed E-state index contributed by atoms with van der Waals surface area (Å²) in [4.78, 5) is 0. The molecule has 0 amide bonds. The molecule has 0 bridgehead atoms. The molecule has 4 rings (SSSR count). The Morgan fingerprint density at radius 3 is 1.91 bits per heavy atom. The van der Waals surface area contributed by atoms with Gasteiger partial charge in [0, 0.05) is 5.54 Å². The average Bonchev–Trinajstić information content (AvgIpc) is 3.09. The highest BCUT2D eigenvalue weighted by molar-refractivity contribution is 6.86. The maximum absolute atomic E-state index is 2.55. The first kappa shape index (κ1) is 13.8. The number of hydrogen-bond donors (Lipinski definition) is 0. The van der Waals surface area contributed by atoms with Gasteiger partial charge in [0.1, 0.15) is 0 Å². The summed E-state index contributed by atoms with van der Waals surface area (Å²) in [6.07, 6.45) is 6.00. The van der Waals surface area contributed by atoms with Crippen LogP contribution < -0.4 is 0 Å². The molecule has 0 nitrogen and oxygen atoms in total. The normalized spacial score (nSPS) is 17.0. The van der Waals surface area contributed by atoms with E-state index in [2.05, 4.69) is 80.7 Å². The van der Waals surface area contributed by atoms with Crippen LogP contribution in [0.25, 0.3) is 11.1 Å². The first-order valence-corrected chi connectivity index (χ1v) is 11.2. The summed E-state index contributed by atoms with van der Waals surface area (Å²) in [5, 5.41) is 1.70. The Morgan fingerprint density at radius 2 is 1.41 bits per heavy atom. The number of fused-ring (bicyclic) bond motifs is 3. The molecule has 2 aliphatic rings. The first-order valence-electron chi connectivity index (χ1n) is 8.15. The van der Waals surface area contributed by atoms with Gasteiger partial charge < -0.3 is 0 Å². The van der Waals surface area contributed by atoms with E-state index in [1.807, 2.05) is 0 Å². The fraction of sp³-hybridized carbons (Fsp3) is 0.238. The maximum atomic E-state index is 2.55. The molecule has 0 aromatic heterocycles. The van der Waals surface area contributed by atoms with Crippen LogP contribution in [-0.2, 0) is 0 Å². The van der Waals surface area contributed by atoms with E-state index in [0.717, 1.165) is 6.42 Å². The van der Waals surface area contributed by atoms with Gasteiger partial charge in [0.15, 0.2) is 0 Å². The number of rotatable bonds is 2. The lowest BCUT2D eigenvalue weighted by Crippen LogP contribution is -2.37. The largest absolute Gasteiger partial charge is 0.0881 e. The van der Waals surface area contributed by atoms with Gasteiger partial charge in [-0.2, -0.15) is 0 Å². The summed E-state index contributed by atoms with van der Waals surface area (Å²) in [5.74, 6) is 0. The molecule has 0 heterocycles. The van der Waals surface area contributed by atoms with Gasteiger partial charge in [-0.05, 0) is 35.6 Å². The molecule has 0 aliphatic heterocycles. The molecule has 0 atom stereocenters. The second kappa shape index (κ2) is 4.82. The van der Waals surface area contributed by atoms with E-state index in [4.69, 9.17) is 0 Å². The summed E-state index contributed by atoms with van der Waals surface area (Å²) in [6, 6.07) is 18.1. The summed E-state index contributed by atoms with van der Waals surface area (Å²) in [7, 11) is -1.57. The Morgan fingerprint density at radius 1 is 0.864 bits per heavy atom.